The molecule has 3 aromatic heterocycles. The van der Waals surface area contributed by atoms with Gasteiger partial charge in [0.25, 0.3) is 5.91 Å². The minimum absolute atomic E-state index is 0.135. The number of aryl methyl sites for hydroxylation is 1. The predicted molar refractivity (Wildman–Crippen MR) is 96.8 cm³/mol. The fourth-order valence-corrected chi connectivity index (χ4v) is 3.41. The number of aromatic nitrogens is 3. The highest BCUT2D eigenvalue weighted by Crippen LogP contribution is 2.19. The quantitative estimate of drug-likeness (QED) is 0.761. The van der Waals surface area contributed by atoms with E-state index in [9.17, 15) is 4.79 Å². The van der Waals surface area contributed by atoms with Gasteiger partial charge < -0.3 is 9.73 Å². The molecule has 0 atom stereocenters. The maximum atomic E-state index is 12.3. The van der Waals surface area contributed by atoms with Crippen molar-refractivity contribution < 1.29 is 9.21 Å². The van der Waals surface area contributed by atoms with Crippen LogP contribution in [-0.4, -0.2) is 44.8 Å². The van der Waals surface area contributed by atoms with Crippen LogP contribution < -0.4 is 5.32 Å². The van der Waals surface area contributed by atoms with E-state index >= 15 is 0 Å². The topological polar surface area (TPSA) is 75.7 Å². The molecule has 7 nitrogen and oxygen atoms in total. The first-order valence-electron chi connectivity index (χ1n) is 9.03. The predicted octanol–water partition coefficient (Wildman–Crippen LogP) is 2.27. The molecule has 3 aromatic rings. The van der Waals surface area contributed by atoms with Gasteiger partial charge in [-0.25, -0.2) is 9.97 Å². The van der Waals surface area contributed by atoms with Crippen molar-refractivity contribution >= 4 is 11.7 Å². The Labute approximate surface area is 152 Å². The molecule has 0 radical (unpaired) electrons. The zero-order valence-electron chi connectivity index (χ0n) is 14.9. The molecule has 4 heterocycles. The number of nitrogens with one attached hydrogen (secondary N) is 1. The second kappa shape index (κ2) is 7.29. The summed E-state index contributed by atoms with van der Waals surface area (Å²) < 4.78 is 7.41. The molecule has 1 amide bonds. The summed E-state index contributed by atoms with van der Waals surface area (Å²) in [5.41, 5.74) is 0.411. The van der Waals surface area contributed by atoms with E-state index in [1.807, 2.05) is 31.3 Å². The van der Waals surface area contributed by atoms with E-state index in [4.69, 9.17) is 4.42 Å². The summed E-state index contributed by atoms with van der Waals surface area (Å²) in [4.78, 5) is 23.1. The zero-order chi connectivity index (χ0) is 17.9. The number of piperidine rings is 1. The fraction of sp³-hybridized carbons (Fsp3) is 0.421. The van der Waals surface area contributed by atoms with E-state index in [0.717, 1.165) is 44.0 Å². The number of hydrogen-bond donors (Lipinski definition) is 1. The van der Waals surface area contributed by atoms with E-state index in [-0.39, 0.29) is 5.91 Å². The number of furan rings is 1. The Hall–Kier alpha value is -2.67. The van der Waals surface area contributed by atoms with Crippen molar-refractivity contribution in [2.45, 2.75) is 26.3 Å². The average Bonchev–Trinajstić information content (AvgIpc) is 3.27. The lowest BCUT2D eigenvalue weighted by atomic mass is 9.96. The zero-order valence-corrected chi connectivity index (χ0v) is 14.9. The molecule has 0 spiro atoms. The molecule has 1 aliphatic heterocycles. The molecule has 0 saturated carbocycles. The summed E-state index contributed by atoms with van der Waals surface area (Å²) in [5, 5.41) is 3.02. The molecule has 0 unspecified atom stereocenters. The summed E-state index contributed by atoms with van der Waals surface area (Å²) in [5.74, 6) is 2.89. The third-order valence-corrected chi connectivity index (χ3v) is 4.90. The Morgan fingerprint density at radius 3 is 2.92 bits per heavy atom. The summed E-state index contributed by atoms with van der Waals surface area (Å²) in [6.45, 7) is 5.57. The molecule has 1 N–H and O–H groups in total. The van der Waals surface area contributed by atoms with Gasteiger partial charge in [0, 0.05) is 25.1 Å². The van der Waals surface area contributed by atoms with E-state index in [1.54, 1.807) is 16.8 Å². The molecule has 1 fully saturated rings. The van der Waals surface area contributed by atoms with Gasteiger partial charge in [-0.15, -0.1) is 0 Å². The van der Waals surface area contributed by atoms with Crippen LogP contribution in [0, 0.1) is 12.8 Å². The Bertz CT molecular complexity index is 859. The molecule has 0 bridgehead atoms. The number of nitrogens with zero attached hydrogens (tertiary/aromatic N) is 4. The SMILES string of the molecule is Cc1ccc(CN2CCC(CNC(=O)c3cn4cccnc4n3)CC2)o1. The third kappa shape index (κ3) is 3.77. The largest absolute Gasteiger partial charge is 0.465 e. The van der Waals surface area contributed by atoms with Gasteiger partial charge in [0.05, 0.1) is 6.54 Å². The number of imidazole rings is 1. The lowest BCUT2D eigenvalue weighted by Crippen LogP contribution is -2.38. The maximum Gasteiger partial charge on any atom is 0.271 e. The first-order chi connectivity index (χ1) is 12.7. The van der Waals surface area contributed by atoms with E-state index in [1.165, 1.54) is 0 Å². The third-order valence-electron chi connectivity index (χ3n) is 4.90. The molecule has 1 saturated heterocycles. The number of carbonyl (C=O) groups excluding carboxylic acids is 1. The summed E-state index contributed by atoms with van der Waals surface area (Å²) >= 11 is 0. The lowest BCUT2D eigenvalue weighted by molar-refractivity contribution is 0.0929. The molecule has 26 heavy (non-hydrogen) atoms. The summed E-state index contributed by atoms with van der Waals surface area (Å²) in [6, 6.07) is 5.87. The second-order valence-electron chi connectivity index (χ2n) is 6.90. The Balaban J connectivity index is 1.24. The van der Waals surface area contributed by atoms with Crippen LogP contribution in [-0.2, 0) is 6.54 Å². The van der Waals surface area contributed by atoms with Crippen LogP contribution in [0.3, 0.4) is 0 Å². The Morgan fingerprint density at radius 1 is 1.35 bits per heavy atom. The van der Waals surface area contributed by atoms with Crippen molar-refractivity contribution in [2.75, 3.05) is 19.6 Å². The van der Waals surface area contributed by atoms with Crippen LogP contribution in [0.2, 0.25) is 0 Å². The first-order valence-corrected chi connectivity index (χ1v) is 9.03. The van der Waals surface area contributed by atoms with Crippen molar-refractivity contribution in [3.05, 3.63) is 54.0 Å². The van der Waals surface area contributed by atoms with Crippen LogP contribution in [0.4, 0.5) is 0 Å². The number of rotatable bonds is 5. The molecule has 7 heteroatoms. The molecule has 0 aromatic carbocycles. The molecular weight excluding hydrogens is 330 g/mol. The van der Waals surface area contributed by atoms with Gasteiger partial charge in [-0.2, -0.15) is 0 Å². The van der Waals surface area contributed by atoms with Crippen molar-refractivity contribution in [1.29, 1.82) is 0 Å². The summed E-state index contributed by atoms with van der Waals surface area (Å²) in [7, 11) is 0. The normalized spacial score (nSPS) is 16.2. The van der Waals surface area contributed by atoms with Crippen LogP contribution in [0.15, 0.2) is 41.2 Å². The van der Waals surface area contributed by atoms with E-state index in [2.05, 4.69) is 20.2 Å². The fourth-order valence-electron chi connectivity index (χ4n) is 3.41. The monoisotopic (exact) mass is 353 g/mol. The number of carbonyl (C=O) groups is 1. The summed E-state index contributed by atoms with van der Waals surface area (Å²) in [6.07, 6.45) is 7.37. The molecule has 136 valence electrons. The highest BCUT2D eigenvalue weighted by atomic mass is 16.3. The van der Waals surface area contributed by atoms with Crippen molar-refractivity contribution in [2.24, 2.45) is 5.92 Å². The number of fused-ring (bicyclic) bond motifs is 1. The molecule has 1 aliphatic rings. The number of amides is 1. The van der Waals surface area contributed by atoms with Crippen LogP contribution in [0.5, 0.6) is 0 Å². The van der Waals surface area contributed by atoms with Crippen LogP contribution in [0.1, 0.15) is 34.9 Å². The highest BCUT2D eigenvalue weighted by Gasteiger charge is 2.21. The maximum absolute atomic E-state index is 12.3. The van der Waals surface area contributed by atoms with Gasteiger partial charge in [-0.05, 0) is 57.0 Å². The van der Waals surface area contributed by atoms with Crippen molar-refractivity contribution in [3.63, 3.8) is 0 Å². The van der Waals surface area contributed by atoms with E-state index < -0.39 is 0 Å². The Morgan fingerprint density at radius 2 is 2.19 bits per heavy atom. The number of hydrogen-bond acceptors (Lipinski definition) is 5. The van der Waals surface area contributed by atoms with Crippen LogP contribution >= 0.6 is 0 Å². The van der Waals surface area contributed by atoms with Gasteiger partial charge in [-0.3, -0.25) is 14.1 Å². The van der Waals surface area contributed by atoms with Crippen molar-refractivity contribution in [3.8, 4) is 0 Å². The van der Waals surface area contributed by atoms with Gasteiger partial charge in [-0.1, -0.05) is 0 Å². The lowest BCUT2D eigenvalue weighted by Gasteiger charge is -2.31. The highest BCUT2D eigenvalue weighted by molar-refractivity contribution is 5.92. The minimum atomic E-state index is -0.135. The van der Waals surface area contributed by atoms with Crippen LogP contribution in [0.25, 0.3) is 5.78 Å². The van der Waals surface area contributed by atoms with Gasteiger partial charge in [0.1, 0.15) is 17.2 Å². The van der Waals surface area contributed by atoms with Gasteiger partial charge in [0.15, 0.2) is 0 Å². The molecule has 4 rings (SSSR count). The smallest absolute Gasteiger partial charge is 0.271 e. The van der Waals surface area contributed by atoms with Gasteiger partial charge >= 0.3 is 0 Å². The number of likely N-dealkylation sites (tertiary alicyclic amines) is 1. The second-order valence-corrected chi connectivity index (χ2v) is 6.90. The molecular formula is C19H23N5O2. The molecule has 0 aliphatic carbocycles. The van der Waals surface area contributed by atoms with Gasteiger partial charge in [0.2, 0.25) is 5.78 Å². The average molecular weight is 353 g/mol. The first kappa shape index (κ1) is 16.8. The minimum Gasteiger partial charge on any atom is -0.465 e. The standard InChI is InChI=1S/C19H23N5O2/c1-14-3-4-16(26-14)12-23-9-5-15(6-10-23)11-21-18(25)17-13-24-8-2-7-20-19(24)22-17/h2-4,7-8,13,15H,5-6,9-12H2,1H3,(H,21,25). The van der Waals surface area contributed by atoms with E-state index in [0.29, 0.717) is 23.9 Å². The van der Waals surface area contributed by atoms with Crippen molar-refractivity contribution in [1.82, 2.24) is 24.6 Å². The Kier molecular flexibility index (Phi) is 4.71.